The Bertz CT molecular complexity index is 1060. The predicted molar refractivity (Wildman–Crippen MR) is 135 cm³/mol. The zero-order chi connectivity index (χ0) is 23.0. The number of anilines is 3. The quantitative estimate of drug-likeness (QED) is 0.427. The molecule has 0 unspecified atom stereocenters. The van der Waals surface area contributed by atoms with E-state index in [1.165, 1.54) is 5.69 Å². The van der Waals surface area contributed by atoms with Gasteiger partial charge in [0.2, 0.25) is 5.91 Å². The first kappa shape index (κ1) is 23.2. The summed E-state index contributed by atoms with van der Waals surface area (Å²) in [5.41, 5.74) is 1.94. The largest absolute Gasteiger partial charge is 0.492 e. The summed E-state index contributed by atoms with van der Waals surface area (Å²) in [7, 11) is 0. The van der Waals surface area contributed by atoms with Crippen molar-refractivity contribution in [3.63, 3.8) is 0 Å². The van der Waals surface area contributed by atoms with Crippen LogP contribution in [0.4, 0.5) is 17.2 Å². The van der Waals surface area contributed by atoms with Gasteiger partial charge in [0.15, 0.2) is 0 Å². The van der Waals surface area contributed by atoms with Gasteiger partial charge in [0, 0.05) is 43.3 Å². The van der Waals surface area contributed by atoms with Gasteiger partial charge in [0.25, 0.3) is 0 Å². The minimum Gasteiger partial charge on any atom is -0.492 e. The Hall–Kier alpha value is -2.96. The van der Waals surface area contributed by atoms with Crippen LogP contribution in [0.3, 0.4) is 0 Å². The molecule has 8 heteroatoms. The molecule has 1 aliphatic rings. The fourth-order valence-corrected chi connectivity index (χ4v) is 4.17. The van der Waals surface area contributed by atoms with E-state index in [0.29, 0.717) is 40.9 Å². The van der Waals surface area contributed by atoms with Crippen molar-refractivity contribution in [2.75, 3.05) is 47.9 Å². The number of carbonyl (C=O) groups excluding carboxylic acids is 1. The lowest BCUT2D eigenvalue weighted by Gasteiger charge is -2.36. The maximum absolute atomic E-state index is 12.2. The first-order valence-electron chi connectivity index (χ1n) is 11.0. The van der Waals surface area contributed by atoms with E-state index in [4.69, 9.17) is 27.9 Å². The summed E-state index contributed by atoms with van der Waals surface area (Å²) in [6.07, 6.45) is 2.62. The third kappa shape index (κ3) is 6.53. The van der Waals surface area contributed by atoms with E-state index in [0.717, 1.165) is 32.0 Å². The maximum atomic E-state index is 12.2. The van der Waals surface area contributed by atoms with E-state index in [9.17, 15) is 4.79 Å². The topological polar surface area (TPSA) is 57.7 Å². The summed E-state index contributed by atoms with van der Waals surface area (Å²) >= 11 is 12.0. The van der Waals surface area contributed by atoms with E-state index < -0.39 is 0 Å². The standard InChI is InChI=1S/C25H26Cl2N4O2/c26-19-8-10-23(22(27)17-19)33-16-4-7-25(32)29-20-9-11-24(28-18-20)31-14-12-30(13-15-31)21-5-2-1-3-6-21/h1-3,5-6,8-11,17-18H,4,7,12-16H2,(H,29,32). The van der Waals surface area contributed by atoms with Gasteiger partial charge < -0.3 is 19.9 Å². The van der Waals surface area contributed by atoms with Gasteiger partial charge in [-0.1, -0.05) is 41.4 Å². The summed E-state index contributed by atoms with van der Waals surface area (Å²) in [6.45, 7) is 4.11. The molecule has 1 saturated heterocycles. The SMILES string of the molecule is O=C(CCCOc1ccc(Cl)cc1Cl)Nc1ccc(N2CCN(c3ccccc3)CC2)nc1. The number of nitrogens with zero attached hydrogens (tertiary/aromatic N) is 3. The summed E-state index contributed by atoms with van der Waals surface area (Å²) < 4.78 is 5.62. The van der Waals surface area contributed by atoms with E-state index >= 15 is 0 Å². The molecule has 2 aromatic carbocycles. The van der Waals surface area contributed by atoms with Crippen molar-refractivity contribution in [1.29, 1.82) is 0 Å². The lowest BCUT2D eigenvalue weighted by atomic mass is 10.2. The zero-order valence-electron chi connectivity index (χ0n) is 18.2. The number of hydrogen-bond donors (Lipinski definition) is 1. The Morgan fingerprint density at radius 3 is 2.42 bits per heavy atom. The highest BCUT2D eigenvalue weighted by molar-refractivity contribution is 6.35. The number of para-hydroxylation sites is 1. The van der Waals surface area contributed by atoms with Gasteiger partial charge in [-0.25, -0.2) is 4.98 Å². The number of amides is 1. The van der Waals surface area contributed by atoms with Crippen LogP contribution in [0.25, 0.3) is 0 Å². The lowest BCUT2D eigenvalue weighted by Crippen LogP contribution is -2.46. The summed E-state index contributed by atoms with van der Waals surface area (Å²) in [5, 5.41) is 3.91. The molecule has 0 radical (unpaired) electrons. The molecule has 0 bridgehead atoms. The summed E-state index contributed by atoms with van der Waals surface area (Å²) in [5.74, 6) is 1.41. The molecule has 0 spiro atoms. The molecule has 4 rings (SSSR count). The summed E-state index contributed by atoms with van der Waals surface area (Å²) in [6, 6.07) is 19.4. The molecule has 1 aromatic heterocycles. The number of ether oxygens (including phenoxy) is 1. The number of hydrogen-bond acceptors (Lipinski definition) is 5. The lowest BCUT2D eigenvalue weighted by molar-refractivity contribution is -0.116. The maximum Gasteiger partial charge on any atom is 0.224 e. The highest BCUT2D eigenvalue weighted by Gasteiger charge is 2.18. The van der Waals surface area contributed by atoms with Crippen LogP contribution in [0.15, 0.2) is 66.9 Å². The van der Waals surface area contributed by atoms with E-state index in [-0.39, 0.29) is 5.91 Å². The second-order valence-electron chi connectivity index (χ2n) is 7.79. The fourth-order valence-electron chi connectivity index (χ4n) is 3.71. The van der Waals surface area contributed by atoms with Gasteiger partial charge in [-0.2, -0.15) is 0 Å². The van der Waals surface area contributed by atoms with Crippen LogP contribution in [0.1, 0.15) is 12.8 Å². The van der Waals surface area contributed by atoms with Crippen LogP contribution in [-0.4, -0.2) is 43.7 Å². The Morgan fingerprint density at radius 2 is 1.73 bits per heavy atom. The number of rotatable bonds is 8. The number of nitrogens with one attached hydrogen (secondary N) is 1. The Kier molecular flexibility index (Phi) is 7.92. The van der Waals surface area contributed by atoms with Gasteiger partial charge in [0.05, 0.1) is 23.5 Å². The molecule has 2 heterocycles. The zero-order valence-corrected chi connectivity index (χ0v) is 19.7. The molecule has 1 aliphatic heterocycles. The first-order chi connectivity index (χ1) is 16.1. The monoisotopic (exact) mass is 484 g/mol. The molecule has 172 valence electrons. The normalized spacial score (nSPS) is 13.6. The van der Waals surface area contributed by atoms with Crippen LogP contribution in [0.5, 0.6) is 5.75 Å². The average Bonchev–Trinajstić information content (AvgIpc) is 2.84. The number of benzene rings is 2. The number of pyridine rings is 1. The van der Waals surface area contributed by atoms with Gasteiger partial charge in [-0.05, 0) is 48.9 Å². The Morgan fingerprint density at radius 1 is 0.970 bits per heavy atom. The highest BCUT2D eigenvalue weighted by atomic mass is 35.5. The van der Waals surface area contributed by atoms with E-state index in [1.807, 2.05) is 18.2 Å². The smallest absolute Gasteiger partial charge is 0.224 e. The van der Waals surface area contributed by atoms with Crippen molar-refractivity contribution >= 4 is 46.3 Å². The molecular weight excluding hydrogens is 459 g/mol. The van der Waals surface area contributed by atoms with Crippen molar-refractivity contribution in [1.82, 2.24) is 4.98 Å². The molecule has 0 saturated carbocycles. The number of aromatic nitrogens is 1. The van der Waals surface area contributed by atoms with Crippen LogP contribution in [0, 0.1) is 0 Å². The van der Waals surface area contributed by atoms with Gasteiger partial charge in [-0.3, -0.25) is 4.79 Å². The number of piperazine rings is 1. The van der Waals surface area contributed by atoms with Crippen molar-refractivity contribution in [2.24, 2.45) is 0 Å². The Balaban J connectivity index is 1.19. The van der Waals surface area contributed by atoms with Gasteiger partial charge >= 0.3 is 0 Å². The molecule has 33 heavy (non-hydrogen) atoms. The molecule has 1 fully saturated rings. The average molecular weight is 485 g/mol. The van der Waals surface area contributed by atoms with Crippen LogP contribution >= 0.6 is 23.2 Å². The van der Waals surface area contributed by atoms with Crippen molar-refractivity contribution in [3.05, 3.63) is 76.9 Å². The van der Waals surface area contributed by atoms with Crippen LogP contribution in [-0.2, 0) is 4.79 Å². The molecule has 6 nitrogen and oxygen atoms in total. The molecule has 1 amide bonds. The highest BCUT2D eigenvalue weighted by Crippen LogP contribution is 2.27. The second kappa shape index (κ2) is 11.3. The minimum absolute atomic E-state index is 0.0770. The fraction of sp³-hybridized carbons (Fsp3) is 0.280. The third-order valence-electron chi connectivity index (χ3n) is 5.46. The van der Waals surface area contributed by atoms with Crippen molar-refractivity contribution in [2.45, 2.75) is 12.8 Å². The molecule has 3 aromatic rings. The van der Waals surface area contributed by atoms with E-state index in [1.54, 1.807) is 24.4 Å². The minimum atomic E-state index is -0.0770. The predicted octanol–water partition coefficient (Wildman–Crippen LogP) is 5.51. The molecule has 0 aliphatic carbocycles. The molecule has 1 N–H and O–H groups in total. The van der Waals surface area contributed by atoms with Gasteiger partial charge in [-0.15, -0.1) is 0 Å². The second-order valence-corrected chi connectivity index (χ2v) is 8.63. The third-order valence-corrected chi connectivity index (χ3v) is 5.99. The Labute approximate surface area is 204 Å². The van der Waals surface area contributed by atoms with Crippen LogP contribution < -0.4 is 19.9 Å². The van der Waals surface area contributed by atoms with Crippen molar-refractivity contribution in [3.8, 4) is 5.75 Å². The molecule has 0 atom stereocenters. The van der Waals surface area contributed by atoms with Gasteiger partial charge in [0.1, 0.15) is 11.6 Å². The molecular formula is C25H26Cl2N4O2. The number of halogens is 2. The van der Waals surface area contributed by atoms with E-state index in [2.05, 4.69) is 44.4 Å². The van der Waals surface area contributed by atoms with Crippen molar-refractivity contribution < 1.29 is 9.53 Å². The first-order valence-corrected chi connectivity index (χ1v) is 11.7. The van der Waals surface area contributed by atoms with Crippen LogP contribution in [0.2, 0.25) is 10.0 Å². The summed E-state index contributed by atoms with van der Waals surface area (Å²) in [4.78, 5) is 21.4. The number of carbonyl (C=O) groups is 1.